The molecule has 0 fully saturated rings. The van der Waals surface area contributed by atoms with Gasteiger partial charge in [0.15, 0.2) is 5.78 Å². The minimum Gasteiger partial charge on any atom is -0.339 e. The van der Waals surface area contributed by atoms with Crippen LogP contribution < -0.4 is 0 Å². The average Bonchev–Trinajstić information content (AvgIpc) is 2.48. The second kappa shape index (κ2) is 11.4. The maximum atomic E-state index is 11.7. The Morgan fingerprint density at radius 2 is 1.75 bits per heavy atom. The van der Waals surface area contributed by atoms with Crippen LogP contribution in [-0.4, -0.2) is 29.7 Å². The largest absolute Gasteiger partial charge is 0.339 e. The number of ketones is 1. The van der Waals surface area contributed by atoms with Gasteiger partial charge in [-0.2, -0.15) is 0 Å². The average molecular weight is 279 g/mol. The molecule has 0 aliphatic rings. The predicted octanol–water partition coefficient (Wildman–Crippen LogP) is 3.75. The van der Waals surface area contributed by atoms with Gasteiger partial charge in [-0.3, -0.25) is 9.59 Å². The van der Waals surface area contributed by atoms with Crippen LogP contribution >= 0.6 is 0 Å². The Balaban J connectivity index is 3.93. The van der Waals surface area contributed by atoms with E-state index in [9.17, 15) is 9.59 Å². The van der Waals surface area contributed by atoms with Gasteiger partial charge >= 0.3 is 0 Å². The van der Waals surface area contributed by atoms with Crippen molar-refractivity contribution in [2.45, 2.75) is 52.4 Å². The lowest BCUT2D eigenvalue weighted by molar-refractivity contribution is -0.125. The lowest BCUT2D eigenvalue weighted by atomic mass is 9.92. The first-order valence-corrected chi connectivity index (χ1v) is 7.68. The van der Waals surface area contributed by atoms with E-state index in [-0.39, 0.29) is 17.6 Å². The fraction of sp³-hybridized carbons (Fsp3) is 0.647. The Labute approximate surface area is 123 Å². The first kappa shape index (κ1) is 18.6. The highest BCUT2D eigenvalue weighted by atomic mass is 16.2. The zero-order valence-electron chi connectivity index (χ0n) is 13.1. The van der Waals surface area contributed by atoms with Crippen LogP contribution in [0.4, 0.5) is 0 Å². The molecule has 0 aromatic carbocycles. The van der Waals surface area contributed by atoms with Gasteiger partial charge in [-0.25, -0.2) is 0 Å². The quantitative estimate of drug-likeness (QED) is 0.403. The van der Waals surface area contributed by atoms with Gasteiger partial charge in [0, 0.05) is 19.0 Å². The van der Waals surface area contributed by atoms with Crippen molar-refractivity contribution < 1.29 is 9.59 Å². The van der Waals surface area contributed by atoms with Gasteiger partial charge in [0.05, 0.1) is 0 Å². The van der Waals surface area contributed by atoms with E-state index in [4.69, 9.17) is 0 Å². The number of hydrogen-bond acceptors (Lipinski definition) is 2. The van der Waals surface area contributed by atoms with Crippen LogP contribution in [0.15, 0.2) is 25.3 Å². The summed E-state index contributed by atoms with van der Waals surface area (Å²) in [7, 11) is 0. The number of allylic oxidation sites excluding steroid dienone is 1. The number of nitrogens with zero attached hydrogens (tertiary/aromatic N) is 1. The summed E-state index contributed by atoms with van der Waals surface area (Å²) in [5, 5.41) is 0. The van der Waals surface area contributed by atoms with Gasteiger partial charge in [-0.1, -0.05) is 39.3 Å². The normalized spacial score (nSPS) is 11.7. The summed E-state index contributed by atoms with van der Waals surface area (Å²) in [6.45, 7) is 12.6. The summed E-state index contributed by atoms with van der Waals surface area (Å²) in [6.07, 6.45) is 8.78. The second-order valence-corrected chi connectivity index (χ2v) is 5.06. The molecule has 3 nitrogen and oxygen atoms in total. The Hall–Kier alpha value is -1.38. The van der Waals surface area contributed by atoms with Crippen molar-refractivity contribution >= 4 is 11.7 Å². The number of likely N-dealkylation sites (N-methyl/N-ethyl adjacent to an activating group) is 1. The van der Waals surface area contributed by atoms with Gasteiger partial charge < -0.3 is 4.90 Å². The monoisotopic (exact) mass is 279 g/mol. The van der Waals surface area contributed by atoms with Crippen LogP contribution in [0, 0.1) is 5.92 Å². The molecule has 0 N–H and O–H groups in total. The minimum absolute atomic E-state index is 0.00167. The zero-order valence-corrected chi connectivity index (χ0v) is 13.1. The van der Waals surface area contributed by atoms with Gasteiger partial charge in [0.1, 0.15) is 0 Å². The van der Waals surface area contributed by atoms with E-state index in [1.807, 2.05) is 6.92 Å². The number of carbonyl (C=O) groups is 2. The minimum atomic E-state index is -0.00167. The Morgan fingerprint density at radius 1 is 1.05 bits per heavy atom. The van der Waals surface area contributed by atoms with Gasteiger partial charge in [-0.15, -0.1) is 0 Å². The third-order valence-electron chi connectivity index (χ3n) is 3.59. The molecule has 0 aliphatic heterocycles. The molecule has 1 atom stereocenters. The standard InChI is InChI=1S/C17H29NO2/c1-5-12-15(16(19)6-2)13-10-9-11-14-18(8-4)17(20)7-3/h6-7,15H,2-3,5,8-14H2,1,4H3/t15-/m1/s1. The number of hydrogen-bond donors (Lipinski definition) is 0. The number of rotatable bonds is 12. The molecule has 0 aromatic rings. The summed E-state index contributed by atoms with van der Waals surface area (Å²) in [6, 6.07) is 0. The van der Waals surface area contributed by atoms with E-state index in [1.54, 1.807) is 4.90 Å². The van der Waals surface area contributed by atoms with E-state index >= 15 is 0 Å². The second-order valence-electron chi connectivity index (χ2n) is 5.06. The highest BCUT2D eigenvalue weighted by Crippen LogP contribution is 2.17. The Kier molecular flexibility index (Phi) is 10.7. The number of carbonyl (C=O) groups excluding carboxylic acids is 2. The summed E-state index contributed by atoms with van der Waals surface area (Å²) in [4.78, 5) is 24.9. The van der Waals surface area contributed by atoms with Crippen molar-refractivity contribution in [3.8, 4) is 0 Å². The smallest absolute Gasteiger partial charge is 0.245 e. The van der Waals surface area contributed by atoms with Crippen molar-refractivity contribution in [1.82, 2.24) is 4.90 Å². The maximum Gasteiger partial charge on any atom is 0.245 e. The Bertz CT molecular complexity index is 323. The fourth-order valence-corrected chi connectivity index (χ4v) is 2.37. The lowest BCUT2D eigenvalue weighted by Gasteiger charge is -2.19. The molecule has 0 unspecified atom stereocenters. The Morgan fingerprint density at radius 3 is 2.25 bits per heavy atom. The van der Waals surface area contributed by atoms with E-state index in [0.29, 0.717) is 0 Å². The molecule has 3 heteroatoms. The molecule has 0 aliphatic carbocycles. The predicted molar refractivity (Wildman–Crippen MR) is 84.5 cm³/mol. The van der Waals surface area contributed by atoms with Crippen LogP contribution in [0.5, 0.6) is 0 Å². The third-order valence-corrected chi connectivity index (χ3v) is 3.59. The highest BCUT2D eigenvalue weighted by molar-refractivity contribution is 5.91. The van der Waals surface area contributed by atoms with Gasteiger partial charge in [0.2, 0.25) is 5.91 Å². The summed E-state index contributed by atoms with van der Waals surface area (Å²) >= 11 is 0. The van der Waals surface area contributed by atoms with E-state index in [2.05, 4.69) is 20.1 Å². The zero-order chi connectivity index (χ0) is 15.4. The summed E-state index contributed by atoms with van der Waals surface area (Å²) < 4.78 is 0. The lowest BCUT2D eigenvalue weighted by Crippen LogP contribution is -2.30. The van der Waals surface area contributed by atoms with Crippen molar-refractivity contribution in [2.24, 2.45) is 5.92 Å². The molecule has 0 saturated heterocycles. The topological polar surface area (TPSA) is 37.4 Å². The summed E-state index contributed by atoms with van der Waals surface area (Å²) in [5.74, 6) is 0.302. The third kappa shape index (κ3) is 7.27. The van der Waals surface area contributed by atoms with Crippen molar-refractivity contribution in [2.75, 3.05) is 13.1 Å². The first-order chi connectivity index (χ1) is 9.60. The highest BCUT2D eigenvalue weighted by Gasteiger charge is 2.14. The van der Waals surface area contributed by atoms with Crippen LogP contribution in [0.1, 0.15) is 52.4 Å². The molecular formula is C17H29NO2. The molecule has 0 heterocycles. The SMILES string of the molecule is C=CC(=O)[C@H](CCC)CCCCCN(CC)C(=O)C=C. The molecule has 114 valence electrons. The van der Waals surface area contributed by atoms with Gasteiger partial charge in [-0.05, 0) is 38.3 Å². The van der Waals surface area contributed by atoms with Crippen LogP contribution in [0.2, 0.25) is 0 Å². The van der Waals surface area contributed by atoms with Crippen molar-refractivity contribution in [3.05, 3.63) is 25.3 Å². The molecule has 20 heavy (non-hydrogen) atoms. The van der Waals surface area contributed by atoms with E-state index in [0.717, 1.165) is 51.6 Å². The molecule has 1 amide bonds. The molecule has 0 bridgehead atoms. The number of amides is 1. The fourth-order valence-electron chi connectivity index (χ4n) is 2.37. The van der Waals surface area contributed by atoms with Crippen molar-refractivity contribution in [3.63, 3.8) is 0 Å². The molecule has 0 spiro atoms. The van der Waals surface area contributed by atoms with Crippen LogP contribution in [-0.2, 0) is 9.59 Å². The van der Waals surface area contributed by atoms with E-state index in [1.165, 1.54) is 12.2 Å². The van der Waals surface area contributed by atoms with Gasteiger partial charge in [0.25, 0.3) is 0 Å². The molecule has 0 rings (SSSR count). The molecular weight excluding hydrogens is 250 g/mol. The summed E-state index contributed by atoms with van der Waals surface area (Å²) in [5.41, 5.74) is 0. The molecule has 0 radical (unpaired) electrons. The number of unbranched alkanes of at least 4 members (excludes halogenated alkanes) is 2. The molecule has 0 aromatic heterocycles. The van der Waals surface area contributed by atoms with Crippen molar-refractivity contribution in [1.29, 1.82) is 0 Å². The van der Waals surface area contributed by atoms with E-state index < -0.39 is 0 Å². The maximum absolute atomic E-state index is 11.7. The molecule has 0 saturated carbocycles. The van der Waals surface area contributed by atoms with Crippen LogP contribution in [0.25, 0.3) is 0 Å². The first-order valence-electron chi connectivity index (χ1n) is 7.68. The van der Waals surface area contributed by atoms with Crippen LogP contribution in [0.3, 0.4) is 0 Å².